The van der Waals surface area contributed by atoms with Crippen LogP contribution in [-0.4, -0.2) is 25.2 Å². The lowest BCUT2D eigenvalue weighted by Crippen LogP contribution is -2.38. The molecule has 1 saturated heterocycles. The summed E-state index contributed by atoms with van der Waals surface area (Å²) in [5, 5.41) is 9.40. The van der Waals surface area contributed by atoms with Gasteiger partial charge in [-0.3, -0.25) is 0 Å². The first-order valence-electron chi connectivity index (χ1n) is 7.91. The molecule has 2 heterocycles. The smallest absolute Gasteiger partial charge is 0.235 e. The molecule has 0 spiro atoms. The normalized spacial score (nSPS) is 21.0. The van der Waals surface area contributed by atoms with Crippen molar-refractivity contribution in [2.75, 3.05) is 25.1 Å². The van der Waals surface area contributed by atoms with Crippen LogP contribution in [0.3, 0.4) is 0 Å². The van der Waals surface area contributed by atoms with Crippen LogP contribution in [0.2, 0.25) is 0 Å². The van der Waals surface area contributed by atoms with Crippen LogP contribution in [0, 0.1) is 23.2 Å². The van der Waals surface area contributed by atoms with Gasteiger partial charge in [-0.05, 0) is 42.5 Å². The third-order valence-corrected chi connectivity index (χ3v) is 4.21. The van der Waals surface area contributed by atoms with Crippen molar-refractivity contribution < 1.29 is 9.15 Å². The Kier molecular flexibility index (Phi) is 4.24. The highest BCUT2D eigenvalue weighted by molar-refractivity contribution is 5.60. The number of anilines is 1. The van der Waals surface area contributed by atoms with Crippen molar-refractivity contribution in [2.45, 2.75) is 20.3 Å². The Morgan fingerprint density at radius 3 is 2.43 bits per heavy atom. The van der Waals surface area contributed by atoms with E-state index in [1.54, 1.807) is 7.11 Å². The third kappa shape index (κ3) is 3.16. The van der Waals surface area contributed by atoms with Crippen LogP contribution in [0.5, 0.6) is 5.75 Å². The van der Waals surface area contributed by atoms with E-state index in [9.17, 15) is 5.26 Å². The molecule has 2 atom stereocenters. The van der Waals surface area contributed by atoms with Gasteiger partial charge in [-0.1, -0.05) is 13.8 Å². The number of oxazole rings is 1. The van der Waals surface area contributed by atoms with E-state index in [0.29, 0.717) is 29.3 Å². The Morgan fingerprint density at radius 1 is 1.22 bits per heavy atom. The molecular formula is C18H21N3O2. The van der Waals surface area contributed by atoms with Gasteiger partial charge >= 0.3 is 0 Å². The number of hydrogen-bond acceptors (Lipinski definition) is 5. The van der Waals surface area contributed by atoms with Crippen LogP contribution < -0.4 is 9.64 Å². The monoisotopic (exact) mass is 311 g/mol. The maximum Gasteiger partial charge on any atom is 0.235 e. The van der Waals surface area contributed by atoms with Crippen molar-refractivity contribution in [1.29, 1.82) is 5.26 Å². The molecule has 5 heteroatoms. The molecule has 0 radical (unpaired) electrons. The number of rotatable bonds is 3. The highest BCUT2D eigenvalue weighted by Gasteiger charge is 2.27. The van der Waals surface area contributed by atoms with Gasteiger partial charge in [0.05, 0.1) is 7.11 Å². The Morgan fingerprint density at radius 2 is 1.87 bits per heavy atom. The maximum atomic E-state index is 9.40. The van der Waals surface area contributed by atoms with Gasteiger partial charge in [0.15, 0.2) is 0 Å². The molecular weight excluding hydrogens is 290 g/mol. The number of ether oxygens (including phenoxy) is 1. The molecule has 5 nitrogen and oxygen atoms in total. The molecule has 0 aliphatic carbocycles. The quantitative estimate of drug-likeness (QED) is 0.864. The number of aromatic nitrogens is 1. The largest absolute Gasteiger partial charge is 0.497 e. The van der Waals surface area contributed by atoms with Gasteiger partial charge in [0.2, 0.25) is 17.5 Å². The molecule has 1 aromatic heterocycles. The molecule has 1 fully saturated rings. The first kappa shape index (κ1) is 15.4. The van der Waals surface area contributed by atoms with E-state index in [2.05, 4.69) is 29.8 Å². The number of methoxy groups -OCH3 is 1. The second-order valence-corrected chi connectivity index (χ2v) is 6.36. The van der Waals surface area contributed by atoms with E-state index in [4.69, 9.17) is 9.15 Å². The molecule has 0 N–H and O–H groups in total. The van der Waals surface area contributed by atoms with Crippen molar-refractivity contribution in [3.63, 3.8) is 0 Å². The summed E-state index contributed by atoms with van der Waals surface area (Å²) in [5.41, 5.74) is 1.20. The predicted octanol–water partition coefficient (Wildman–Crippen LogP) is 3.70. The van der Waals surface area contributed by atoms with E-state index < -0.39 is 0 Å². The average molecular weight is 311 g/mol. The van der Waals surface area contributed by atoms with Crippen molar-refractivity contribution in [1.82, 2.24) is 4.98 Å². The van der Waals surface area contributed by atoms with Gasteiger partial charge in [0.1, 0.15) is 11.8 Å². The summed E-state index contributed by atoms with van der Waals surface area (Å²) in [5.74, 6) is 3.01. The minimum Gasteiger partial charge on any atom is -0.497 e. The first-order valence-corrected chi connectivity index (χ1v) is 7.91. The predicted molar refractivity (Wildman–Crippen MR) is 88.4 cm³/mol. The third-order valence-electron chi connectivity index (χ3n) is 4.21. The summed E-state index contributed by atoms with van der Waals surface area (Å²) >= 11 is 0. The lowest BCUT2D eigenvalue weighted by molar-refractivity contribution is 0.344. The lowest BCUT2D eigenvalue weighted by Gasteiger charge is -2.34. The van der Waals surface area contributed by atoms with Crippen LogP contribution in [0.4, 0.5) is 5.88 Å². The van der Waals surface area contributed by atoms with Gasteiger partial charge in [-0.2, -0.15) is 10.2 Å². The minimum atomic E-state index is 0.358. The number of hydrogen-bond donors (Lipinski definition) is 0. The second-order valence-electron chi connectivity index (χ2n) is 6.36. The zero-order chi connectivity index (χ0) is 16.4. The summed E-state index contributed by atoms with van der Waals surface area (Å²) in [6, 6.07) is 9.65. The van der Waals surface area contributed by atoms with Gasteiger partial charge in [0.25, 0.3) is 0 Å². The summed E-state index contributed by atoms with van der Waals surface area (Å²) in [6.45, 7) is 6.26. The molecule has 0 unspecified atom stereocenters. The number of piperidine rings is 1. The zero-order valence-electron chi connectivity index (χ0n) is 13.7. The molecule has 2 aromatic rings. The minimum absolute atomic E-state index is 0.358. The van der Waals surface area contributed by atoms with Gasteiger partial charge in [-0.15, -0.1) is 0 Å². The average Bonchev–Trinajstić information content (AvgIpc) is 2.98. The van der Waals surface area contributed by atoms with Crippen LogP contribution in [0.1, 0.15) is 26.0 Å². The molecule has 3 rings (SSSR count). The number of benzene rings is 1. The number of nitriles is 1. The molecule has 0 saturated carbocycles. The van der Waals surface area contributed by atoms with Crippen LogP contribution in [0.15, 0.2) is 28.7 Å². The molecule has 1 aliphatic heterocycles. The van der Waals surface area contributed by atoms with E-state index in [1.807, 2.05) is 24.3 Å². The molecule has 23 heavy (non-hydrogen) atoms. The molecule has 0 amide bonds. The van der Waals surface area contributed by atoms with Crippen molar-refractivity contribution >= 4 is 5.88 Å². The van der Waals surface area contributed by atoms with E-state index in [1.165, 1.54) is 6.42 Å². The van der Waals surface area contributed by atoms with Gasteiger partial charge in [-0.25, -0.2) is 0 Å². The fraction of sp³-hybridized carbons (Fsp3) is 0.444. The molecule has 0 bridgehead atoms. The zero-order valence-corrected chi connectivity index (χ0v) is 13.7. The Bertz CT molecular complexity index is 705. The summed E-state index contributed by atoms with van der Waals surface area (Å²) in [4.78, 5) is 6.52. The van der Waals surface area contributed by atoms with E-state index >= 15 is 0 Å². The highest BCUT2D eigenvalue weighted by atomic mass is 16.5. The van der Waals surface area contributed by atoms with E-state index in [0.717, 1.165) is 24.4 Å². The summed E-state index contributed by atoms with van der Waals surface area (Å²) in [7, 11) is 1.63. The molecule has 1 aromatic carbocycles. The first-order chi connectivity index (χ1) is 11.1. The van der Waals surface area contributed by atoms with Crippen molar-refractivity contribution in [3.05, 3.63) is 30.0 Å². The standard InChI is InChI=1S/C18H21N3O2/c1-12-8-13(2)11-21(10-12)18-16(9-19)20-17(23-18)14-4-6-15(22-3)7-5-14/h4-7,12-13H,8,10-11H2,1-3H3/t12-,13+. The summed E-state index contributed by atoms with van der Waals surface area (Å²) < 4.78 is 11.1. The van der Waals surface area contributed by atoms with Crippen LogP contribution in [-0.2, 0) is 0 Å². The fourth-order valence-corrected chi connectivity index (χ4v) is 3.29. The lowest BCUT2D eigenvalue weighted by atomic mass is 9.92. The Balaban J connectivity index is 1.92. The van der Waals surface area contributed by atoms with Crippen molar-refractivity contribution in [2.24, 2.45) is 11.8 Å². The molecule has 1 aliphatic rings. The maximum absolute atomic E-state index is 9.40. The topological polar surface area (TPSA) is 62.3 Å². The van der Waals surface area contributed by atoms with Gasteiger partial charge in [0, 0.05) is 18.7 Å². The number of nitrogens with zero attached hydrogens (tertiary/aromatic N) is 3. The van der Waals surface area contributed by atoms with Crippen LogP contribution >= 0.6 is 0 Å². The molecule has 120 valence electrons. The second kappa shape index (κ2) is 6.33. The fourth-order valence-electron chi connectivity index (χ4n) is 3.29. The van der Waals surface area contributed by atoms with Crippen LogP contribution in [0.25, 0.3) is 11.5 Å². The van der Waals surface area contributed by atoms with Gasteiger partial charge < -0.3 is 14.1 Å². The highest BCUT2D eigenvalue weighted by Crippen LogP contribution is 2.32. The summed E-state index contributed by atoms with van der Waals surface area (Å²) in [6.07, 6.45) is 1.21. The Hall–Kier alpha value is -2.48. The Labute approximate surface area is 136 Å². The van der Waals surface area contributed by atoms with Crippen molar-refractivity contribution in [3.8, 4) is 23.3 Å². The van der Waals surface area contributed by atoms with E-state index in [-0.39, 0.29) is 0 Å². The SMILES string of the molecule is COc1ccc(-c2nc(C#N)c(N3C[C@H](C)C[C@H](C)C3)o2)cc1.